The first-order valence-corrected chi connectivity index (χ1v) is 20.4. The van der Waals surface area contributed by atoms with Gasteiger partial charge in [-0.1, -0.05) is 72.8 Å². The van der Waals surface area contributed by atoms with Crippen LogP contribution in [0, 0.1) is 17.8 Å². The molecule has 0 aliphatic carbocycles. The van der Waals surface area contributed by atoms with E-state index in [0.717, 1.165) is 12.0 Å². The molecule has 0 aromatic carbocycles. The molecule has 0 aromatic heterocycles. The minimum atomic E-state index is -2.26. The predicted molar refractivity (Wildman–Crippen MR) is 190 cm³/mol. The van der Waals surface area contributed by atoms with Crippen molar-refractivity contribution in [2.45, 2.75) is 162 Å². The van der Waals surface area contributed by atoms with Gasteiger partial charge in [0.25, 0.3) is 0 Å². The summed E-state index contributed by atoms with van der Waals surface area (Å²) >= 11 is 0. The number of epoxide rings is 1. The van der Waals surface area contributed by atoms with Crippen LogP contribution in [0.2, 0.25) is 18.1 Å². The van der Waals surface area contributed by atoms with Crippen molar-refractivity contribution in [1.82, 2.24) is 0 Å². The molecule has 274 valence electrons. The third kappa shape index (κ3) is 12.8. The van der Waals surface area contributed by atoms with Crippen LogP contribution in [0.1, 0.15) is 101 Å². The number of hydrogen-bond acceptors (Lipinski definition) is 9. The van der Waals surface area contributed by atoms with E-state index in [1.165, 1.54) is 6.92 Å². The number of primary amides is 1. The number of amides is 1. The number of aliphatic hydroxyl groups is 1. The van der Waals surface area contributed by atoms with Gasteiger partial charge in [-0.25, -0.2) is 4.79 Å². The van der Waals surface area contributed by atoms with Crippen LogP contribution in [-0.4, -0.2) is 73.7 Å². The zero-order chi connectivity index (χ0) is 36.6. The Bertz CT molecular complexity index is 1190. The van der Waals surface area contributed by atoms with Gasteiger partial charge in [-0.2, -0.15) is 0 Å². The summed E-state index contributed by atoms with van der Waals surface area (Å²) in [5.41, 5.74) is 4.71. The zero-order valence-corrected chi connectivity index (χ0v) is 32.4. The lowest BCUT2D eigenvalue weighted by Crippen LogP contribution is -2.46. The highest BCUT2D eigenvalue weighted by molar-refractivity contribution is 6.74. The summed E-state index contributed by atoms with van der Waals surface area (Å²) in [6.45, 7) is 23.6. The molecule has 2 aliphatic rings. The predicted octanol–water partition coefficient (Wildman–Crippen LogP) is 7.15. The molecule has 0 aromatic rings. The maximum Gasteiger partial charge on any atom is 0.404 e. The van der Waals surface area contributed by atoms with Crippen LogP contribution < -0.4 is 5.73 Å². The summed E-state index contributed by atoms with van der Waals surface area (Å²) in [6, 6.07) is 0. The van der Waals surface area contributed by atoms with Gasteiger partial charge in [0.1, 0.15) is 23.9 Å². The monoisotopic (exact) mass is 693 g/mol. The Morgan fingerprint density at radius 2 is 1.85 bits per heavy atom. The van der Waals surface area contributed by atoms with E-state index >= 15 is 0 Å². The van der Waals surface area contributed by atoms with E-state index in [1.54, 1.807) is 13.0 Å². The van der Waals surface area contributed by atoms with Crippen molar-refractivity contribution >= 4 is 26.3 Å². The van der Waals surface area contributed by atoms with Crippen molar-refractivity contribution in [2.24, 2.45) is 23.5 Å². The molecule has 0 radical (unpaired) electrons. The minimum Gasteiger partial charge on any atom is -0.457 e. The lowest BCUT2D eigenvalue weighted by molar-refractivity contribution is -0.157. The first-order valence-electron chi connectivity index (χ1n) is 17.5. The highest BCUT2D eigenvalue weighted by Crippen LogP contribution is 2.39. The van der Waals surface area contributed by atoms with Crippen LogP contribution >= 0.6 is 0 Å². The van der Waals surface area contributed by atoms with Gasteiger partial charge in [-0.05, 0) is 75.2 Å². The molecule has 10 nitrogen and oxygen atoms in total. The summed E-state index contributed by atoms with van der Waals surface area (Å²) in [5.74, 6) is -0.863. The molecule has 11 heteroatoms. The van der Waals surface area contributed by atoms with Gasteiger partial charge in [0.15, 0.2) is 8.32 Å². The van der Waals surface area contributed by atoms with Crippen molar-refractivity contribution in [3.8, 4) is 0 Å². The van der Waals surface area contributed by atoms with Crippen LogP contribution in [-0.2, 0) is 33.0 Å². The summed E-state index contributed by atoms with van der Waals surface area (Å²) in [7, 11) is -2.26. The Hall–Kier alpha value is -2.47. The molecule has 2 aliphatic heterocycles. The molecular weight excluding hydrogens is 630 g/mol. The third-order valence-corrected chi connectivity index (χ3v) is 14.6. The second-order valence-electron chi connectivity index (χ2n) is 15.7. The van der Waals surface area contributed by atoms with Crippen molar-refractivity contribution in [2.75, 3.05) is 0 Å². The van der Waals surface area contributed by atoms with Crippen molar-refractivity contribution < 1.29 is 42.9 Å². The van der Waals surface area contributed by atoms with Gasteiger partial charge >= 0.3 is 18.0 Å². The molecule has 2 heterocycles. The first-order chi connectivity index (χ1) is 22.1. The zero-order valence-electron chi connectivity index (χ0n) is 31.4. The van der Waals surface area contributed by atoms with E-state index in [1.807, 2.05) is 45.9 Å². The van der Waals surface area contributed by atoms with Crippen LogP contribution in [0.4, 0.5) is 4.79 Å². The van der Waals surface area contributed by atoms with Gasteiger partial charge in [0.2, 0.25) is 0 Å². The highest BCUT2D eigenvalue weighted by atomic mass is 28.4. The molecule has 0 saturated carbocycles. The quantitative estimate of drug-likeness (QED) is 0.0543. The fraction of sp³-hybridized carbons (Fsp3) is 0.757. The normalized spacial score (nSPS) is 31.9. The molecule has 2 rings (SSSR count). The lowest BCUT2D eigenvalue weighted by atomic mass is 9.88. The second-order valence-corrected chi connectivity index (χ2v) is 20.4. The van der Waals surface area contributed by atoms with Gasteiger partial charge in [-0.15, -0.1) is 0 Å². The molecule has 48 heavy (non-hydrogen) atoms. The van der Waals surface area contributed by atoms with Gasteiger partial charge in [-0.3, -0.25) is 9.59 Å². The molecule has 0 spiro atoms. The number of rotatable bonds is 12. The summed E-state index contributed by atoms with van der Waals surface area (Å²) in [4.78, 5) is 36.7. The molecule has 1 fully saturated rings. The van der Waals surface area contributed by atoms with Gasteiger partial charge in [0, 0.05) is 18.8 Å². The number of carbonyl (C=O) groups is 3. The number of esters is 2. The molecule has 1 saturated heterocycles. The van der Waals surface area contributed by atoms with E-state index < -0.39 is 44.3 Å². The van der Waals surface area contributed by atoms with E-state index in [9.17, 15) is 19.5 Å². The summed E-state index contributed by atoms with van der Waals surface area (Å²) < 4.78 is 29.6. The average molecular weight is 694 g/mol. The fourth-order valence-electron chi connectivity index (χ4n) is 5.98. The van der Waals surface area contributed by atoms with Crippen LogP contribution in [0.3, 0.4) is 0 Å². The molecular formula is C37H63NO9Si. The van der Waals surface area contributed by atoms with E-state index in [0.29, 0.717) is 12.8 Å². The number of nitrogens with two attached hydrogens (primary N) is 1. The number of carbonyl (C=O) groups excluding carboxylic acids is 3. The molecule has 10 unspecified atom stereocenters. The SMILES string of the molecule is CCC(OC(N)=O)C(C)C1OC1CC(C)/C=C/C=C(\C)C1OC(=O)CC(O[Si](C)(C)C(C)(C)C)CCC(C)(O)C(OC(C)=O)/C=C/C1C. The van der Waals surface area contributed by atoms with Crippen LogP contribution in [0.5, 0.6) is 0 Å². The number of allylic oxidation sites excluding steroid dienone is 3. The fourth-order valence-corrected chi connectivity index (χ4v) is 7.37. The van der Waals surface area contributed by atoms with Crippen molar-refractivity contribution in [3.05, 3.63) is 36.0 Å². The summed E-state index contributed by atoms with van der Waals surface area (Å²) in [5, 5.41) is 11.4. The van der Waals surface area contributed by atoms with E-state index in [-0.39, 0.29) is 59.9 Å². The van der Waals surface area contributed by atoms with Crippen molar-refractivity contribution in [3.63, 3.8) is 0 Å². The smallest absolute Gasteiger partial charge is 0.404 e. The van der Waals surface area contributed by atoms with Crippen LogP contribution in [0.15, 0.2) is 36.0 Å². The Morgan fingerprint density at radius 1 is 1.21 bits per heavy atom. The van der Waals surface area contributed by atoms with Crippen molar-refractivity contribution in [1.29, 1.82) is 0 Å². The van der Waals surface area contributed by atoms with E-state index in [2.05, 4.69) is 46.9 Å². The summed E-state index contributed by atoms with van der Waals surface area (Å²) in [6.07, 6.45) is 8.91. The highest BCUT2D eigenvalue weighted by Gasteiger charge is 2.46. The topological polar surface area (TPSA) is 147 Å². The lowest BCUT2D eigenvalue weighted by Gasteiger charge is -2.40. The Morgan fingerprint density at radius 3 is 2.42 bits per heavy atom. The Balaban J connectivity index is 2.25. The molecule has 10 atom stereocenters. The largest absolute Gasteiger partial charge is 0.457 e. The number of cyclic esters (lactones) is 1. The molecule has 3 N–H and O–H groups in total. The van der Waals surface area contributed by atoms with Gasteiger partial charge in [0.05, 0.1) is 24.7 Å². The first kappa shape index (κ1) is 41.7. The maximum absolute atomic E-state index is 13.5. The molecule has 0 bridgehead atoms. The minimum absolute atomic E-state index is 0.0201. The van der Waals surface area contributed by atoms with Gasteiger partial charge < -0.3 is 34.2 Å². The number of ether oxygens (including phenoxy) is 4. The number of hydrogen-bond donors (Lipinski definition) is 2. The Labute approximate surface area is 289 Å². The standard InChI is InChI=1S/C37H63NO9Si/c1-13-29(45-35(38)41)26(5)34-30(44-34)21-23(2)15-14-16-24(3)33-25(4)17-18-31(43-27(6)39)37(10,42)20-19-28(22-32(40)46-33)47-48(11,12)36(7,8)9/h14-18,23,25-26,28-31,33-34,42H,13,19-22H2,1-12H3,(H2,38,41)/b15-14+,18-17+,24-16+. The second kappa shape index (κ2) is 17.5. The Kier molecular flexibility index (Phi) is 15.2. The average Bonchev–Trinajstić information content (AvgIpc) is 3.72. The van der Waals surface area contributed by atoms with Crippen LogP contribution in [0.25, 0.3) is 0 Å². The maximum atomic E-state index is 13.5. The molecule has 1 amide bonds. The van der Waals surface area contributed by atoms with E-state index in [4.69, 9.17) is 29.1 Å². The third-order valence-electron chi connectivity index (χ3n) is 10.1.